The zero-order valence-corrected chi connectivity index (χ0v) is 11.1. The van der Waals surface area contributed by atoms with Gasteiger partial charge in [-0.1, -0.05) is 36.4 Å². The fourth-order valence-corrected chi connectivity index (χ4v) is 2.55. The van der Waals surface area contributed by atoms with Gasteiger partial charge in [-0.05, 0) is 24.4 Å². The number of para-hydroxylation sites is 2. The first-order valence-corrected chi connectivity index (χ1v) is 6.44. The first-order valence-electron chi connectivity index (χ1n) is 6.44. The lowest BCUT2D eigenvalue weighted by molar-refractivity contribution is -0.385. The third kappa shape index (κ3) is 2.05. The second-order valence-electron chi connectivity index (χ2n) is 4.82. The van der Waals surface area contributed by atoms with Gasteiger partial charge in [0.15, 0.2) is 0 Å². The number of benzene rings is 2. The fourth-order valence-electron chi connectivity index (χ4n) is 2.55. The second-order valence-corrected chi connectivity index (χ2v) is 4.82. The van der Waals surface area contributed by atoms with Crippen molar-refractivity contribution in [2.45, 2.75) is 13.5 Å². The molecule has 0 radical (unpaired) electrons. The zero-order valence-electron chi connectivity index (χ0n) is 11.1. The van der Waals surface area contributed by atoms with E-state index in [0.717, 1.165) is 22.2 Å². The summed E-state index contributed by atoms with van der Waals surface area (Å²) in [5.74, 6) is 0. The van der Waals surface area contributed by atoms with Crippen molar-refractivity contribution in [3.8, 4) is 0 Å². The minimum atomic E-state index is -0.323. The van der Waals surface area contributed by atoms with Crippen molar-refractivity contribution < 1.29 is 4.92 Å². The normalized spacial score (nSPS) is 10.8. The van der Waals surface area contributed by atoms with Crippen LogP contribution < -0.4 is 0 Å². The molecule has 4 heteroatoms. The maximum absolute atomic E-state index is 11.1. The molecule has 2 aromatic carbocycles. The summed E-state index contributed by atoms with van der Waals surface area (Å²) in [5.41, 5.74) is 3.10. The third-order valence-corrected chi connectivity index (χ3v) is 3.53. The predicted octanol–water partition coefficient (Wildman–Crippen LogP) is 3.91. The highest BCUT2D eigenvalue weighted by molar-refractivity contribution is 5.81. The van der Waals surface area contributed by atoms with Crippen LogP contribution in [-0.4, -0.2) is 9.49 Å². The van der Waals surface area contributed by atoms with Gasteiger partial charge in [-0.3, -0.25) is 10.1 Å². The Morgan fingerprint density at radius 3 is 2.60 bits per heavy atom. The van der Waals surface area contributed by atoms with E-state index >= 15 is 0 Å². The smallest absolute Gasteiger partial charge is 0.274 e. The molecule has 0 N–H and O–H groups in total. The molecule has 0 bridgehead atoms. The van der Waals surface area contributed by atoms with Crippen molar-refractivity contribution in [2.75, 3.05) is 0 Å². The highest BCUT2D eigenvalue weighted by Crippen LogP contribution is 2.24. The first kappa shape index (κ1) is 12.4. The molecule has 4 nitrogen and oxygen atoms in total. The van der Waals surface area contributed by atoms with Crippen LogP contribution in [0.5, 0.6) is 0 Å². The van der Waals surface area contributed by atoms with E-state index in [1.165, 1.54) is 0 Å². The van der Waals surface area contributed by atoms with Crippen molar-refractivity contribution in [1.82, 2.24) is 4.57 Å². The second kappa shape index (κ2) is 4.81. The number of nitro groups is 1. The Morgan fingerprint density at radius 2 is 1.80 bits per heavy atom. The van der Waals surface area contributed by atoms with Crippen LogP contribution in [0.4, 0.5) is 5.69 Å². The molecule has 0 atom stereocenters. The van der Waals surface area contributed by atoms with Crippen LogP contribution in [0.1, 0.15) is 11.3 Å². The van der Waals surface area contributed by atoms with E-state index in [1.807, 2.05) is 37.3 Å². The number of fused-ring (bicyclic) bond motifs is 1. The number of nitro benzene ring substituents is 1. The van der Waals surface area contributed by atoms with E-state index in [9.17, 15) is 10.1 Å². The lowest BCUT2D eigenvalue weighted by atomic mass is 10.1. The number of aryl methyl sites for hydroxylation is 1. The molecule has 0 aliphatic carbocycles. The molecule has 3 rings (SSSR count). The first-order chi connectivity index (χ1) is 9.66. The van der Waals surface area contributed by atoms with E-state index in [0.29, 0.717) is 6.54 Å². The molecular weight excluding hydrogens is 252 g/mol. The molecule has 20 heavy (non-hydrogen) atoms. The molecule has 100 valence electrons. The molecule has 1 aromatic heterocycles. The Hall–Kier alpha value is -2.62. The van der Waals surface area contributed by atoms with Crippen LogP contribution in [-0.2, 0) is 6.54 Å². The van der Waals surface area contributed by atoms with Crippen LogP contribution in [0.15, 0.2) is 54.6 Å². The third-order valence-electron chi connectivity index (χ3n) is 3.53. The van der Waals surface area contributed by atoms with Gasteiger partial charge < -0.3 is 4.57 Å². The van der Waals surface area contributed by atoms with Crippen molar-refractivity contribution in [1.29, 1.82) is 0 Å². The van der Waals surface area contributed by atoms with E-state index in [4.69, 9.17) is 0 Å². The standard InChI is InChI=1S/C16H14N2O2/c1-12-10-13-6-2-4-8-15(13)17(12)11-14-7-3-5-9-16(14)18(19)20/h2-10H,11H2,1H3. The van der Waals surface area contributed by atoms with Gasteiger partial charge in [-0.15, -0.1) is 0 Å². The van der Waals surface area contributed by atoms with Crippen molar-refractivity contribution >= 4 is 16.6 Å². The minimum Gasteiger partial charge on any atom is -0.340 e. The van der Waals surface area contributed by atoms with Gasteiger partial charge in [0.2, 0.25) is 0 Å². The summed E-state index contributed by atoms with van der Waals surface area (Å²) in [4.78, 5) is 10.8. The number of nitrogens with zero attached hydrogens (tertiary/aromatic N) is 2. The van der Waals surface area contributed by atoms with Gasteiger partial charge in [0.25, 0.3) is 5.69 Å². The summed E-state index contributed by atoms with van der Waals surface area (Å²) >= 11 is 0. The van der Waals surface area contributed by atoms with Crippen LogP contribution in [0, 0.1) is 17.0 Å². The average molecular weight is 266 g/mol. The lowest BCUT2D eigenvalue weighted by Crippen LogP contribution is -2.04. The lowest BCUT2D eigenvalue weighted by Gasteiger charge is -2.09. The predicted molar refractivity (Wildman–Crippen MR) is 78.9 cm³/mol. The molecule has 0 aliphatic rings. The molecule has 0 unspecified atom stereocenters. The van der Waals surface area contributed by atoms with E-state index in [2.05, 4.69) is 16.7 Å². The van der Waals surface area contributed by atoms with Crippen LogP contribution in [0.25, 0.3) is 10.9 Å². The van der Waals surface area contributed by atoms with Crippen molar-refractivity contribution in [2.24, 2.45) is 0 Å². The quantitative estimate of drug-likeness (QED) is 0.533. The van der Waals surface area contributed by atoms with Crippen LogP contribution in [0.2, 0.25) is 0 Å². The van der Waals surface area contributed by atoms with Gasteiger partial charge in [-0.25, -0.2) is 0 Å². The summed E-state index contributed by atoms with van der Waals surface area (Å²) in [6, 6.07) is 17.1. The Kier molecular flexibility index (Phi) is 2.99. The Morgan fingerprint density at radius 1 is 1.10 bits per heavy atom. The SMILES string of the molecule is Cc1cc2ccccc2n1Cc1ccccc1[N+](=O)[O-]. The highest BCUT2D eigenvalue weighted by atomic mass is 16.6. The monoisotopic (exact) mass is 266 g/mol. The summed E-state index contributed by atoms with van der Waals surface area (Å²) in [7, 11) is 0. The van der Waals surface area contributed by atoms with Gasteiger partial charge in [-0.2, -0.15) is 0 Å². The molecule has 1 heterocycles. The minimum absolute atomic E-state index is 0.171. The highest BCUT2D eigenvalue weighted by Gasteiger charge is 2.14. The van der Waals surface area contributed by atoms with Crippen LogP contribution >= 0.6 is 0 Å². The van der Waals surface area contributed by atoms with Gasteiger partial charge in [0, 0.05) is 22.8 Å². The van der Waals surface area contributed by atoms with Gasteiger partial charge >= 0.3 is 0 Å². The Labute approximate surface area is 116 Å². The number of rotatable bonds is 3. The molecule has 0 saturated carbocycles. The summed E-state index contributed by atoms with van der Waals surface area (Å²) < 4.78 is 2.11. The maximum atomic E-state index is 11.1. The maximum Gasteiger partial charge on any atom is 0.274 e. The molecule has 0 spiro atoms. The molecule has 3 aromatic rings. The van der Waals surface area contributed by atoms with Gasteiger partial charge in [0.05, 0.1) is 11.5 Å². The average Bonchev–Trinajstić information content (AvgIpc) is 2.76. The topological polar surface area (TPSA) is 48.1 Å². The summed E-state index contributed by atoms with van der Waals surface area (Å²) in [5, 5.41) is 12.3. The molecule has 0 saturated heterocycles. The van der Waals surface area contributed by atoms with Crippen molar-refractivity contribution in [3.05, 3.63) is 76.0 Å². The van der Waals surface area contributed by atoms with Crippen LogP contribution in [0.3, 0.4) is 0 Å². The summed E-state index contributed by atoms with van der Waals surface area (Å²) in [6.07, 6.45) is 0. The van der Waals surface area contributed by atoms with E-state index in [1.54, 1.807) is 12.1 Å². The number of hydrogen-bond donors (Lipinski definition) is 0. The number of aromatic nitrogens is 1. The molecular formula is C16H14N2O2. The Balaban J connectivity index is 2.10. The summed E-state index contributed by atoms with van der Waals surface area (Å²) in [6.45, 7) is 2.53. The van der Waals surface area contributed by atoms with Crippen molar-refractivity contribution in [3.63, 3.8) is 0 Å². The number of hydrogen-bond acceptors (Lipinski definition) is 2. The van der Waals surface area contributed by atoms with E-state index in [-0.39, 0.29) is 10.6 Å². The molecule has 0 fully saturated rings. The van der Waals surface area contributed by atoms with E-state index < -0.39 is 0 Å². The zero-order chi connectivity index (χ0) is 14.1. The fraction of sp³-hybridized carbons (Fsp3) is 0.125. The largest absolute Gasteiger partial charge is 0.340 e. The van der Waals surface area contributed by atoms with Gasteiger partial charge in [0.1, 0.15) is 0 Å². The molecule has 0 amide bonds. The Bertz CT molecular complexity index is 790. The molecule has 0 aliphatic heterocycles.